The minimum Gasteiger partial charge on any atom is -0.338 e. The third kappa shape index (κ3) is 2.25. The van der Waals surface area contributed by atoms with Gasteiger partial charge in [0.1, 0.15) is 0 Å². The zero-order chi connectivity index (χ0) is 10.9. The Hall–Kier alpha value is -0.610. The van der Waals surface area contributed by atoms with Crippen LogP contribution < -0.4 is 5.73 Å². The molecular formula is C10H21N3O. The average Bonchev–Trinajstić information content (AvgIpc) is 2.12. The number of nitrogens with two attached hydrogens (primary N) is 1. The van der Waals surface area contributed by atoms with E-state index in [-0.39, 0.29) is 11.9 Å². The van der Waals surface area contributed by atoms with Gasteiger partial charge in [-0.05, 0) is 27.8 Å². The fourth-order valence-corrected chi connectivity index (χ4v) is 1.87. The van der Waals surface area contributed by atoms with Crippen molar-refractivity contribution in [2.75, 3.05) is 20.1 Å². The zero-order valence-electron chi connectivity index (χ0n) is 9.53. The lowest BCUT2D eigenvalue weighted by molar-refractivity contribution is -0.136. The second kappa shape index (κ2) is 4.28. The number of piperazine rings is 1. The van der Waals surface area contributed by atoms with Crippen molar-refractivity contribution in [1.29, 1.82) is 0 Å². The van der Waals surface area contributed by atoms with Crippen molar-refractivity contribution in [3.05, 3.63) is 0 Å². The fraction of sp³-hybridized carbons (Fsp3) is 0.900. The number of amides is 1. The molecule has 82 valence electrons. The van der Waals surface area contributed by atoms with Crippen molar-refractivity contribution in [1.82, 2.24) is 9.80 Å². The van der Waals surface area contributed by atoms with Gasteiger partial charge in [-0.25, -0.2) is 0 Å². The first-order chi connectivity index (χ1) is 6.43. The maximum atomic E-state index is 11.7. The minimum absolute atomic E-state index is 0.0665. The van der Waals surface area contributed by atoms with Gasteiger partial charge in [0.25, 0.3) is 0 Å². The zero-order valence-corrected chi connectivity index (χ0v) is 9.53. The van der Waals surface area contributed by atoms with Crippen molar-refractivity contribution < 1.29 is 4.79 Å². The summed E-state index contributed by atoms with van der Waals surface area (Å²) in [6.07, 6.45) is 0. The first-order valence-electron chi connectivity index (χ1n) is 5.19. The van der Waals surface area contributed by atoms with Crippen LogP contribution in [0.3, 0.4) is 0 Å². The summed E-state index contributed by atoms with van der Waals surface area (Å²) in [6, 6.07) is 0.459. The van der Waals surface area contributed by atoms with Gasteiger partial charge in [-0.3, -0.25) is 9.69 Å². The van der Waals surface area contributed by atoms with Gasteiger partial charge in [0, 0.05) is 25.2 Å². The number of likely N-dealkylation sites (N-methyl/N-ethyl adjacent to an activating group) is 1. The van der Waals surface area contributed by atoms with Crippen LogP contribution in [0, 0.1) is 0 Å². The number of nitrogens with zero attached hydrogens (tertiary/aromatic N) is 2. The van der Waals surface area contributed by atoms with Crippen molar-refractivity contribution in [2.45, 2.75) is 38.9 Å². The molecule has 0 aromatic heterocycles. The summed E-state index contributed by atoms with van der Waals surface area (Å²) in [5.41, 5.74) is 5.59. The van der Waals surface area contributed by atoms with Gasteiger partial charge in [0.15, 0.2) is 0 Å². The Balaban J connectivity index is 2.62. The molecule has 1 fully saturated rings. The molecule has 0 aliphatic carbocycles. The van der Waals surface area contributed by atoms with E-state index in [1.165, 1.54) is 0 Å². The Morgan fingerprint density at radius 1 is 1.36 bits per heavy atom. The molecule has 14 heavy (non-hydrogen) atoms. The van der Waals surface area contributed by atoms with E-state index < -0.39 is 0 Å². The quantitative estimate of drug-likeness (QED) is 0.641. The molecule has 4 heteroatoms. The summed E-state index contributed by atoms with van der Waals surface area (Å²) < 4.78 is 0. The predicted molar refractivity (Wildman–Crippen MR) is 56.9 cm³/mol. The number of hydrogen-bond donors (Lipinski definition) is 1. The van der Waals surface area contributed by atoms with Crippen LogP contribution in [-0.4, -0.2) is 54.0 Å². The standard InChI is InChI=1S/C10H21N3O/c1-7-5-13(10(14)9(3)11)6-8(2)12(7)4/h7-9H,5-6,11H2,1-4H3/t7?,8?,9-/m1/s1. The van der Waals surface area contributed by atoms with Crippen molar-refractivity contribution >= 4 is 5.91 Å². The summed E-state index contributed by atoms with van der Waals surface area (Å²) in [4.78, 5) is 15.8. The second-order valence-electron chi connectivity index (χ2n) is 4.40. The highest BCUT2D eigenvalue weighted by Gasteiger charge is 2.30. The molecular weight excluding hydrogens is 178 g/mol. The van der Waals surface area contributed by atoms with E-state index in [1.54, 1.807) is 6.92 Å². The van der Waals surface area contributed by atoms with E-state index in [2.05, 4.69) is 25.8 Å². The average molecular weight is 199 g/mol. The molecule has 2 N–H and O–H groups in total. The second-order valence-corrected chi connectivity index (χ2v) is 4.40. The Labute approximate surface area is 86.0 Å². The molecule has 0 bridgehead atoms. The van der Waals surface area contributed by atoms with Gasteiger partial charge in [0.05, 0.1) is 6.04 Å². The normalized spacial score (nSPS) is 31.6. The first-order valence-corrected chi connectivity index (χ1v) is 5.19. The Morgan fingerprint density at radius 3 is 2.14 bits per heavy atom. The van der Waals surface area contributed by atoms with Crippen LogP contribution in [-0.2, 0) is 4.79 Å². The lowest BCUT2D eigenvalue weighted by atomic mass is 10.1. The van der Waals surface area contributed by atoms with Gasteiger partial charge in [-0.1, -0.05) is 0 Å². The lowest BCUT2D eigenvalue weighted by Crippen LogP contribution is -2.58. The number of carbonyl (C=O) groups excluding carboxylic acids is 1. The van der Waals surface area contributed by atoms with Crippen LogP contribution >= 0.6 is 0 Å². The molecule has 2 unspecified atom stereocenters. The van der Waals surface area contributed by atoms with Crippen LogP contribution in [0.4, 0.5) is 0 Å². The molecule has 1 saturated heterocycles. The molecule has 4 nitrogen and oxygen atoms in total. The topological polar surface area (TPSA) is 49.6 Å². The first kappa shape index (κ1) is 11.5. The van der Waals surface area contributed by atoms with Crippen molar-refractivity contribution in [3.8, 4) is 0 Å². The number of hydrogen-bond acceptors (Lipinski definition) is 3. The molecule has 0 aromatic carbocycles. The molecule has 1 aliphatic heterocycles. The summed E-state index contributed by atoms with van der Waals surface area (Å²) in [6.45, 7) is 7.60. The molecule has 3 atom stereocenters. The summed E-state index contributed by atoms with van der Waals surface area (Å²) >= 11 is 0. The van der Waals surface area contributed by atoms with Gasteiger partial charge in [0.2, 0.25) is 5.91 Å². The van der Waals surface area contributed by atoms with Crippen LogP contribution in [0.1, 0.15) is 20.8 Å². The van der Waals surface area contributed by atoms with Crippen LogP contribution in [0.25, 0.3) is 0 Å². The van der Waals surface area contributed by atoms with E-state index in [4.69, 9.17) is 5.73 Å². The van der Waals surface area contributed by atoms with E-state index >= 15 is 0 Å². The van der Waals surface area contributed by atoms with Gasteiger partial charge >= 0.3 is 0 Å². The van der Waals surface area contributed by atoms with Gasteiger partial charge in [-0.2, -0.15) is 0 Å². The van der Waals surface area contributed by atoms with Gasteiger partial charge in [-0.15, -0.1) is 0 Å². The molecule has 0 aromatic rings. The Morgan fingerprint density at radius 2 is 1.79 bits per heavy atom. The van der Waals surface area contributed by atoms with E-state index in [0.29, 0.717) is 12.1 Å². The van der Waals surface area contributed by atoms with Crippen LogP contribution in [0.15, 0.2) is 0 Å². The molecule has 1 heterocycles. The molecule has 0 saturated carbocycles. The van der Waals surface area contributed by atoms with Crippen LogP contribution in [0.5, 0.6) is 0 Å². The summed E-state index contributed by atoms with van der Waals surface area (Å²) in [7, 11) is 2.10. The van der Waals surface area contributed by atoms with E-state index in [9.17, 15) is 4.79 Å². The number of rotatable bonds is 1. The van der Waals surface area contributed by atoms with Crippen LogP contribution in [0.2, 0.25) is 0 Å². The monoisotopic (exact) mass is 199 g/mol. The Bertz CT molecular complexity index is 205. The highest BCUT2D eigenvalue weighted by Crippen LogP contribution is 2.13. The SMILES string of the molecule is CC1CN(C(=O)[C@@H](C)N)CC(C)N1C. The highest BCUT2D eigenvalue weighted by atomic mass is 16.2. The third-order valence-corrected chi connectivity index (χ3v) is 3.06. The molecule has 1 rings (SSSR count). The van der Waals surface area contributed by atoms with E-state index in [0.717, 1.165) is 13.1 Å². The highest BCUT2D eigenvalue weighted by molar-refractivity contribution is 5.81. The lowest BCUT2D eigenvalue weighted by Gasteiger charge is -2.42. The molecule has 1 aliphatic rings. The van der Waals surface area contributed by atoms with Gasteiger partial charge < -0.3 is 10.6 Å². The Kier molecular flexibility index (Phi) is 3.50. The van der Waals surface area contributed by atoms with E-state index in [1.807, 2.05) is 4.90 Å². The summed E-state index contributed by atoms with van der Waals surface area (Å²) in [5.74, 6) is 0.0665. The van der Waals surface area contributed by atoms with Crippen molar-refractivity contribution in [3.63, 3.8) is 0 Å². The molecule has 1 amide bonds. The maximum absolute atomic E-state index is 11.7. The minimum atomic E-state index is -0.377. The molecule has 0 radical (unpaired) electrons. The number of carbonyl (C=O) groups is 1. The largest absolute Gasteiger partial charge is 0.338 e. The maximum Gasteiger partial charge on any atom is 0.239 e. The summed E-state index contributed by atoms with van der Waals surface area (Å²) in [5, 5.41) is 0. The van der Waals surface area contributed by atoms with Crippen molar-refractivity contribution in [2.24, 2.45) is 5.73 Å². The predicted octanol–water partition coefficient (Wildman–Crippen LogP) is -0.115. The smallest absolute Gasteiger partial charge is 0.239 e. The molecule has 0 spiro atoms. The third-order valence-electron chi connectivity index (χ3n) is 3.06. The fourth-order valence-electron chi connectivity index (χ4n) is 1.87.